The van der Waals surface area contributed by atoms with E-state index in [0.29, 0.717) is 5.56 Å². The highest BCUT2D eigenvalue weighted by atomic mass is 19.3. The van der Waals surface area contributed by atoms with Gasteiger partial charge in [0.25, 0.3) is 12.4 Å². The van der Waals surface area contributed by atoms with Crippen LogP contribution in [0.3, 0.4) is 0 Å². The lowest BCUT2D eigenvalue weighted by molar-refractivity contribution is -0.106. The summed E-state index contributed by atoms with van der Waals surface area (Å²) in [4.78, 5) is 14.3. The lowest BCUT2D eigenvalue weighted by atomic mass is 9.89. The first-order chi connectivity index (χ1) is 14.9. The molecule has 4 N–H and O–H groups in total. The number of nitrogens with zero attached hydrogens (tertiary/aromatic N) is 2. The number of carbonyl (C=O) groups excluding carboxylic acids is 1. The molecule has 9 heteroatoms. The largest absolute Gasteiger partial charge is 0.462 e. The number of hydrogen-bond donors (Lipinski definition) is 2. The molecule has 0 bridgehead atoms. The Morgan fingerprint density at radius 2 is 1.91 bits per heavy atom. The van der Waals surface area contributed by atoms with Crippen LogP contribution in [0.1, 0.15) is 38.8 Å². The van der Waals surface area contributed by atoms with Crippen LogP contribution >= 0.6 is 0 Å². The molecule has 6 nitrogen and oxygen atoms in total. The highest BCUT2D eigenvalue weighted by Crippen LogP contribution is 2.36. The molecule has 1 unspecified atom stereocenters. The van der Waals surface area contributed by atoms with E-state index in [9.17, 15) is 13.2 Å². The predicted molar refractivity (Wildman–Crippen MR) is 121 cm³/mol. The monoisotopic (exact) mass is 452 g/mol. The number of allylic oxidation sites excluding steroid dienone is 3. The number of hydrogen-bond acceptors (Lipinski definition) is 4. The summed E-state index contributed by atoms with van der Waals surface area (Å²) in [7, 11) is 1.84. The Balaban J connectivity index is 0.00000161. The van der Waals surface area contributed by atoms with Crippen LogP contribution < -0.4 is 11.5 Å². The molecule has 32 heavy (non-hydrogen) atoms. The number of amides is 1. The van der Waals surface area contributed by atoms with E-state index in [4.69, 9.17) is 15.3 Å². The number of benzene rings is 1. The molecule has 1 heterocycles. The molecule has 1 aromatic carbocycles. The maximum Gasteiger partial charge on any atom is 0.283 e. The summed E-state index contributed by atoms with van der Waals surface area (Å²) in [6, 6.07) is 3.67. The number of nitrogens with two attached hydrogens (primary N) is 2. The Bertz CT molecular complexity index is 913. The quantitative estimate of drug-likeness (QED) is 0.385. The first-order valence-electron chi connectivity index (χ1n) is 9.94. The number of primary amides is 1. The van der Waals surface area contributed by atoms with Crippen molar-refractivity contribution >= 4 is 18.0 Å². The molecule has 1 aliphatic rings. The van der Waals surface area contributed by atoms with E-state index < -0.39 is 23.8 Å². The van der Waals surface area contributed by atoms with Crippen molar-refractivity contribution in [3.05, 3.63) is 65.8 Å². The lowest BCUT2D eigenvalue weighted by Gasteiger charge is -2.28. The Labute approximate surface area is 187 Å². The lowest BCUT2D eigenvalue weighted by Crippen LogP contribution is -2.35. The Hall–Kier alpha value is -3.23. The fourth-order valence-electron chi connectivity index (χ4n) is 2.70. The van der Waals surface area contributed by atoms with Crippen LogP contribution in [-0.2, 0) is 15.1 Å². The third-order valence-electron chi connectivity index (χ3n) is 5.11. The summed E-state index contributed by atoms with van der Waals surface area (Å²) < 4.78 is 48.2. The second-order valence-electron chi connectivity index (χ2n) is 7.81. The number of halogens is 3. The number of aliphatic imine (C=N–C) groups is 1. The van der Waals surface area contributed by atoms with Gasteiger partial charge in [-0.2, -0.15) is 0 Å². The van der Waals surface area contributed by atoms with Gasteiger partial charge in [-0.3, -0.25) is 4.79 Å². The average molecular weight is 453 g/mol. The minimum atomic E-state index is -3.00. The smallest absolute Gasteiger partial charge is 0.283 e. The number of likely N-dealkylation sites (N-methyl/N-ethyl adjacent to an activating group) is 1. The van der Waals surface area contributed by atoms with Crippen molar-refractivity contribution in [1.29, 1.82) is 0 Å². The zero-order chi connectivity index (χ0) is 24.6. The molecular formula is C23H31F3N4O2. The van der Waals surface area contributed by atoms with E-state index in [0.717, 1.165) is 24.3 Å². The number of alkyl halides is 2. The molecule has 0 saturated heterocycles. The van der Waals surface area contributed by atoms with Gasteiger partial charge in [0.1, 0.15) is 11.9 Å². The van der Waals surface area contributed by atoms with Crippen molar-refractivity contribution < 1.29 is 22.7 Å². The van der Waals surface area contributed by atoms with Gasteiger partial charge in [0.05, 0.1) is 0 Å². The minimum absolute atomic E-state index is 0.109. The second kappa shape index (κ2) is 11.4. The van der Waals surface area contributed by atoms with Crippen LogP contribution in [0.5, 0.6) is 0 Å². The minimum Gasteiger partial charge on any atom is -0.462 e. The molecule has 176 valence electrons. The topological polar surface area (TPSA) is 93.9 Å². The summed E-state index contributed by atoms with van der Waals surface area (Å²) >= 11 is 0. The van der Waals surface area contributed by atoms with Crippen LogP contribution in [0, 0.1) is 11.7 Å². The summed E-state index contributed by atoms with van der Waals surface area (Å²) in [6.45, 7) is 10.6. The number of rotatable bonds is 6. The van der Waals surface area contributed by atoms with E-state index >= 15 is 0 Å². The molecule has 0 aliphatic carbocycles. The van der Waals surface area contributed by atoms with Gasteiger partial charge in [-0.05, 0) is 55.2 Å². The molecule has 1 aromatic rings. The summed E-state index contributed by atoms with van der Waals surface area (Å²) in [5.41, 5.74) is 9.51. The fraction of sp³-hybridized carbons (Fsp3) is 0.391. The van der Waals surface area contributed by atoms with Crippen LogP contribution in [0.25, 0.3) is 5.57 Å². The molecule has 2 atom stereocenters. The molecule has 0 fully saturated rings. The second-order valence-corrected chi connectivity index (χ2v) is 7.81. The SMILES string of the molecule is C=C1C=C(c2ccc(F)c(C(C)(N=C(N)O[C@H](C)C(C)C)C(F)F)c2)C=CN1C.NC=O. The molecular weight excluding hydrogens is 421 g/mol. The molecule has 2 rings (SSSR count). The highest BCUT2D eigenvalue weighted by molar-refractivity contribution is 5.78. The standard InChI is InChI=1S/C22H28F3N3O.CH3NO/c1-13(2)15(4)29-21(26)27-22(5,20(24)25)18-12-16(7-8-19(18)23)17-9-10-28(6)14(3)11-17;2-1-3/h7-13,15,20H,3H2,1-2,4-6H3,(H2,26,27);1H,(H2,2,3)/t15-,22?;/m1./s1. The maximum atomic E-state index is 14.6. The zero-order valence-corrected chi connectivity index (χ0v) is 19.0. The van der Waals surface area contributed by atoms with E-state index in [1.54, 1.807) is 25.3 Å². The molecule has 0 saturated carbocycles. The third kappa shape index (κ3) is 6.63. The molecule has 0 spiro atoms. The van der Waals surface area contributed by atoms with Gasteiger partial charge in [-0.1, -0.05) is 26.5 Å². The van der Waals surface area contributed by atoms with Crippen LogP contribution in [0.2, 0.25) is 0 Å². The van der Waals surface area contributed by atoms with E-state index in [1.807, 2.05) is 25.8 Å². The Morgan fingerprint density at radius 3 is 2.41 bits per heavy atom. The summed E-state index contributed by atoms with van der Waals surface area (Å²) in [5.74, 6) is -0.681. The van der Waals surface area contributed by atoms with Gasteiger partial charge >= 0.3 is 0 Å². The van der Waals surface area contributed by atoms with Crippen LogP contribution in [0.15, 0.2) is 53.8 Å². The maximum absolute atomic E-state index is 14.6. The zero-order valence-electron chi connectivity index (χ0n) is 19.0. The van der Waals surface area contributed by atoms with E-state index in [1.165, 1.54) is 12.1 Å². The van der Waals surface area contributed by atoms with Gasteiger partial charge in [0.15, 0.2) is 5.54 Å². The summed E-state index contributed by atoms with van der Waals surface area (Å²) in [6.07, 6.45) is 2.32. The van der Waals surface area contributed by atoms with Crippen molar-refractivity contribution in [2.24, 2.45) is 22.4 Å². The van der Waals surface area contributed by atoms with Crippen molar-refractivity contribution in [3.8, 4) is 0 Å². The van der Waals surface area contributed by atoms with Gasteiger partial charge in [-0.25, -0.2) is 18.2 Å². The van der Waals surface area contributed by atoms with Crippen molar-refractivity contribution in [2.45, 2.75) is 45.8 Å². The number of ether oxygens (including phenoxy) is 1. The molecule has 0 aromatic heterocycles. The van der Waals surface area contributed by atoms with Crippen molar-refractivity contribution in [3.63, 3.8) is 0 Å². The number of amidine groups is 1. The molecule has 1 aliphatic heterocycles. The van der Waals surface area contributed by atoms with E-state index in [2.05, 4.69) is 17.3 Å². The fourth-order valence-corrected chi connectivity index (χ4v) is 2.70. The number of carbonyl (C=O) groups is 1. The summed E-state index contributed by atoms with van der Waals surface area (Å²) in [5, 5.41) is 0. The Morgan fingerprint density at radius 1 is 1.31 bits per heavy atom. The van der Waals surface area contributed by atoms with E-state index in [-0.39, 0.29) is 24.0 Å². The highest BCUT2D eigenvalue weighted by Gasteiger charge is 2.40. The first-order valence-corrected chi connectivity index (χ1v) is 9.94. The first kappa shape index (κ1) is 26.8. The van der Waals surface area contributed by atoms with Gasteiger partial charge in [0, 0.05) is 24.5 Å². The van der Waals surface area contributed by atoms with Crippen LogP contribution in [0.4, 0.5) is 13.2 Å². The molecule has 0 radical (unpaired) electrons. The van der Waals surface area contributed by atoms with Crippen molar-refractivity contribution in [1.82, 2.24) is 4.90 Å². The van der Waals surface area contributed by atoms with Gasteiger partial charge in [0.2, 0.25) is 6.41 Å². The van der Waals surface area contributed by atoms with Crippen LogP contribution in [-0.4, -0.2) is 36.9 Å². The Kier molecular flexibility index (Phi) is 9.55. The van der Waals surface area contributed by atoms with Gasteiger partial charge in [-0.15, -0.1) is 0 Å². The normalized spacial score (nSPS) is 16.8. The van der Waals surface area contributed by atoms with Gasteiger partial charge < -0.3 is 21.1 Å². The molecule has 1 amide bonds. The predicted octanol–water partition coefficient (Wildman–Crippen LogP) is 4.14. The third-order valence-corrected chi connectivity index (χ3v) is 5.11. The average Bonchev–Trinajstić information content (AvgIpc) is 2.70. The van der Waals surface area contributed by atoms with Crippen molar-refractivity contribution in [2.75, 3.05) is 7.05 Å².